The molecule has 0 unspecified atom stereocenters. The van der Waals surface area contributed by atoms with Crippen LogP contribution in [-0.4, -0.2) is 56.6 Å². The summed E-state index contributed by atoms with van der Waals surface area (Å²) >= 11 is 0. The van der Waals surface area contributed by atoms with Gasteiger partial charge in [0.15, 0.2) is 15.6 Å². The lowest BCUT2D eigenvalue weighted by Gasteiger charge is -2.14. The molecule has 0 radical (unpaired) electrons. The lowest BCUT2D eigenvalue weighted by molar-refractivity contribution is -0.123. The molecular weight excluding hydrogens is 530 g/mol. The second-order valence-corrected chi connectivity index (χ2v) is 11.1. The molecule has 0 saturated carbocycles. The third-order valence-corrected chi connectivity index (χ3v) is 7.10. The summed E-state index contributed by atoms with van der Waals surface area (Å²) < 4.78 is 23.1. The van der Waals surface area contributed by atoms with Crippen molar-refractivity contribution in [2.24, 2.45) is 5.73 Å². The zero-order chi connectivity index (χ0) is 29.1. The Morgan fingerprint density at radius 2 is 1.48 bits per heavy atom. The van der Waals surface area contributed by atoms with Crippen LogP contribution in [0, 0.1) is 11.8 Å². The average molecular weight is 562 g/mol. The normalized spacial score (nSPS) is 11.6. The molecule has 9 nitrogen and oxygen atoms in total. The number of aliphatic hydroxyl groups excluding tert-OH is 1. The molecule has 0 aliphatic heterocycles. The molecule has 5 N–H and O–H groups in total. The van der Waals surface area contributed by atoms with Gasteiger partial charge in [-0.2, -0.15) is 0 Å². The zero-order valence-electron chi connectivity index (χ0n) is 22.0. The molecule has 40 heavy (non-hydrogen) atoms. The highest BCUT2D eigenvalue weighted by Crippen LogP contribution is 2.14. The van der Waals surface area contributed by atoms with Crippen molar-refractivity contribution in [3.8, 4) is 11.8 Å². The first-order valence-corrected chi connectivity index (χ1v) is 14.4. The molecule has 0 heterocycles. The Bertz CT molecular complexity index is 1500. The number of nitrogens with one attached hydrogen (secondary N) is 2. The molecule has 3 aromatic carbocycles. The third kappa shape index (κ3) is 9.17. The van der Waals surface area contributed by atoms with Crippen LogP contribution in [0.5, 0.6) is 0 Å². The van der Waals surface area contributed by atoms with Crippen molar-refractivity contribution in [2.45, 2.75) is 30.2 Å². The quantitative estimate of drug-likeness (QED) is 0.261. The van der Waals surface area contributed by atoms with Crippen LogP contribution in [0.25, 0.3) is 0 Å². The summed E-state index contributed by atoms with van der Waals surface area (Å²) in [5, 5.41) is 14.3. The van der Waals surface area contributed by atoms with E-state index in [4.69, 9.17) is 10.8 Å². The first-order chi connectivity index (χ1) is 19.1. The second-order valence-electron chi connectivity index (χ2n) is 9.11. The van der Waals surface area contributed by atoms with Crippen LogP contribution in [0.4, 0.5) is 5.69 Å². The molecule has 0 aromatic heterocycles. The molecule has 2 amide bonds. The number of hydrogen-bond acceptors (Lipinski definition) is 7. The van der Waals surface area contributed by atoms with Crippen LogP contribution in [0.3, 0.4) is 0 Å². The minimum absolute atomic E-state index is 0.109. The van der Waals surface area contributed by atoms with Crippen molar-refractivity contribution < 1.29 is 27.9 Å². The van der Waals surface area contributed by atoms with Crippen molar-refractivity contribution in [3.05, 3.63) is 95.1 Å². The summed E-state index contributed by atoms with van der Waals surface area (Å²) in [5.74, 6) is 4.90. The van der Waals surface area contributed by atoms with E-state index in [-0.39, 0.29) is 17.3 Å². The number of aliphatic hydroxyl groups is 1. The largest absolute Gasteiger partial charge is 0.388 e. The molecule has 0 saturated heterocycles. The summed E-state index contributed by atoms with van der Waals surface area (Å²) in [7, 11) is -3.22. The van der Waals surface area contributed by atoms with Gasteiger partial charge in [-0.15, -0.1) is 0 Å². The Kier molecular flexibility index (Phi) is 10.7. The van der Waals surface area contributed by atoms with Gasteiger partial charge in [0, 0.05) is 41.6 Å². The maximum Gasteiger partial charge on any atom is 0.251 e. The fourth-order valence-corrected chi connectivity index (χ4v) is 4.32. The standard InChI is InChI=1S/C30H31N3O6S/c1-40(38,39)26-17-11-21(12-18-26)3-2-4-29(36)32-25-15-9-23(10-16-25)6-5-22-7-13-24(14-8-22)30(37)33-27(19-31)28(35)20-34/h7-18,27,34H,2-4,19-20,31H2,1H3,(H,32,36)(H,33,37)/t27-/m0/s1. The van der Waals surface area contributed by atoms with Gasteiger partial charge in [0.05, 0.1) is 4.90 Å². The SMILES string of the molecule is CS(=O)(=O)c1ccc(CCCC(=O)Nc2ccc(C#Cc3ccc(C(=O)N[C@@H](CN)C(=O)CO)cc3)cc2)cc1. The van der Waals surface area contributed by atoms with E-state index in [9.17, 15) is 22.8 Å². The first kappa shape index (κ1) is 30.2. The zero-order valence-corrected chi connectivity index (χ0v) is 22.8. The average Bonchev–Trinajstić information content (AvgIpc) is 2.95. The van der Waals surface area contributed by atoms with E-state index in [1.165, 1.54) is 6.26 Å². The molecule has 208 valence electrons. The molecule has 1 atom stereocenters. The summed E-state index contributed by atoms with van der Waals surface area (Å²) in [6.45, 7) is -0.806. The van der Waals surface area contributed by atoms with Crippen molar-refractivity contribution in [1.82, 2.24) is 5.32 Å². The number of Topliss-reactive ketones (excluding diaryl/α,β-unsaturated/α-hetero) is 1. The summed E-state index contributed by atoms with van der Waals surface area (Å²) in [4.78, 5) is 36.5. The highest BCUT2D eigenvalue weighted by molar-refractivity contribution is 7.90. The van der Waals surface area contributed by atoms with E-state index in [1.54, 1.807) is 72.8 Å². The molecule has 0 spiro atoms. The second kappa shape index (κ2) is 14.2. The maximum absolute atomic E-state index is 12.3. The Hall–Kier alpha value is -4.30. The minimum Gasteiger partial charge on any atom is -0.388 e. The number of hydrogen-bond donors (Lipinski definition) is 4. The number of nitrogens with two attached hydrogens (primary N) is 1. The molecule has 0 aliphatic rings. The van der Waals surface area contributed by atoms with Crippen LogP contribution >= 0.6 is 0 Å². The number of ketones is 1. The number of anilines is 1. The highest BCUT2D eigenvalue weighted by Gasteiger charge is 2.18. The Morgan fingerprint density at radius 3 is 2.00 bits per heavy atom. The van der Waals surface area contributed by atoms with Crippen molar-refractivity contribution >= 4 is 33.1 Å². The molecule has 10 heteroatoms. The van der Waals surface area contributed by atoms with Crippen LogP contribution in [0.1, 0.15) is 39.9 Å². The smallest absolute Gasteiger partial charge is 0.251 e. The van der Waals surface area contributed by atoms with Crippen molar-refractivity contribution in [2.75, 3.05) is 24.7 Å². The van der Waals surface area contributed by atoms with Gasteiger partial charge in [0.2, 0.25) is 5.91 Å². The molecule has 0 bridgehead atoms. The summed E-state index contributed by atoms with van der Waals surface area (Å²) in [5.41, 5.74) is 8.86. The fraction of sp³-hybridized carbons (Fsp3) is 0.233. The molecule has 0 aliphatic carbocycles. The summed E-state index contributed by atoms with van der Waals surface area (Å²) in [6.07, 6.45) is 2.78. The number of carbonyl (C=O) groups is 3. The Labute approximate surface area is 233 Å². The van der Waals surface area contributed by atoms with E-state index < -0.39 is 34.2 Å². The third-order valence-electron chi connectivity index (χ3n) is 5.97. The van der Waals surface area contributed by atoms with Crippen LogP contribution in [0.15, 0.2) is 77.7 Å². The van der Waals surface area contributed by atoms with Gasteiger partial charge in [-0.3, -0.25) is 14.4 Å². The number of sulfone groups is 1. The monoisotopic (exact) mass is 561 g/mol. The van der Waals surface area contributed by atoms with Gasteiger partial charge in [0.25, 0.3) is 5.91 Å². The number of aryl methyl sites for hydroxylation is 1. The van der Waals surface area contributed by atoms with Gasteiger partial charge in [0.1, 0.15) is 12.6 Å². The van der Waals surface area contributed by atoms with Crippen molar-refractivity contribution in [1.29, 1.82) is 0 Å². The van der Waals surface area contributed by atoms with E-state index in [2.05, 4.69) is 22.5 Å². The number of rotatable bonds is 11. The van der Waals surface area contributed by atoms with Gasteiger partial charge in [-0.1, -0.05) is 24.0 Å². The highest BCUT2D eigenvalue weighted by atomic mass is 32.2. The Balaban J connectivity index is 1.48. The van der Waals surface area contributed by atoms with E-state index >= 15 is 0 Å². The number of carbonyl (C=O) groups excluding carboxylic acids is 3. The van der Waals surface area contributed by atoms with E-state index in [1.807, 2.05) is 0 Å². The number of benzene rings is 3. The Morgan fingerprint density at radius 1 is 0.900 bits per heavy atom. The molecular formula is C30H31N3O6S. The minimum atomic E-state index is -3.22. The fourth-order valence-electron chi connectivity index (χ4n) is 3.69. The summed E-state index contributed by atoms with van der Waals surface area (Å²) in [6, 6.07) is 19.4. The number of amides is 2. The predicted molar refractivity (Wildman–Crippen MR) is 152 cm³/mol. The van der Waals surface area contributed by atoms with Crippen molar-refractivity contribution in [3.63, 3.8) is 0 Å². The van der Waals surface area contributed by atoms with Gasteiger partial charge >= 0.3 is 0 Å². The van der Waals surface area contributed by atoms with Crippen LogP contribution in [-0.2, 0) is 25.8 Å². The van der Waals surface area contributed by atoms with E-state index in [0.29, 0.717) is 36.1 Å². The lowest BCUT2D eigenvalue weighted by Crippen LogP contribution is -2.46. The van der Waals surface area contributed by atoms with Gasteiger partial charge in [-0.25, -0.2) is 8.42 Å². The first-order valence-electron chi connectivity index (χ1n) is 12.5. The molecule has 3 rings (SSSR count). The van der Waals surface area contributed by atoms with Crippen LogP contribution in [0.2, 0.25) is 0 Å². The van der Waals surface area contributed by atoms with Crippen LogP contribution < -0.4 is 16.4 Å². The predicted octanol–water partition coefficient (Wildman–Crippen LogP) is 2.07. The maximum atomic E-state index is 12.3. The van der Waals surface area contributed by atoms with E-state index in [0.717, 1.165) is 11.1 Å². The molecule has 0 fully saturated rings. The van der Waals surface area contributed by atoms with Gasteiger partial charge < -0.3 is 21.5 Å². The topological polar surface area (TPSA) is 156 Å². The molecule has 3 aromatic rings. The lowest BCUT2D eigenvalue weighted by atomic mass is 10.1. The van der Waals surface area contributed by atoms with Gasteiger partial charge in [-0.05, 0) is 79.1 Å².